The van der Waals surface area contributed by atoms with E-state index in [-0.39, 0.29) is 40.6 Å². The Labute approximate surface area is 142 Å². The molecule has 6 nitrogen and oxygen atoms in total. The van der Waals surface area contributed by atoms with Crippen LogP contribution in [0, 0.1) is 12.7 Å². The molecule has 0 atom stereocenters. The minimum absolute atomic E-state index is 0.00157. The Bertz CT molecular complexity index is 755. The fourth-order valence-corrected chi connectivity index (χ4v) is 2.53. The first-order valence-electron chi connectivity index (χ1n) is 7.20. The average molecular weight is 355 g/mol. The van der Waals surface area contributed by atoms with Crippen molar-refractivity contribution < 1.29 is 23.6 Å². The molecule has 2 rings (SSSR count). The van der Waals surface area contributed by atoms with Gasteiger partial charge in [-0.05, 0) is 25.5 Å². The number of rotatable bonds is 6. The lowest BCUT2D eigenvalue weighted by molar-refractivity contribution is -0.137. The molecule has 0 radical (unpaired) electrons. The zero-order valence-corrected chi connectivity index (χ0v) is 13.9. The van der Waals surface area contributed by atoms with E-state index < -0.39 is 17.7 Å². The van der Waals surface area contributed by atoms with E-state index in [0.717, 1.165) is 0 Å². The fraction of sp³-hybridized carbons (Fsp3) is 0.312. The highest BCUT2D eigenvalue weighted by Crippen LogP contribution is 2.33. The number of carbonyl (C=O) groups excluding carboxylic acids is 1. The number of aliphatic carboxylic acids is 1. The SMILES string of the molecule is Cc1onc(-c2c(F)cccc2Cl)c1C(=O)N(C)CCCC(=O)O. The Morgan fingerprint density at radius 2 is 2.12 bits per heavy atom. The standard InChI is InChI=1S/C16H16ClFN2O4/c1-9-13(16(23)20(2)8-4-7-12(21)22)15(19-24-9)14-10(17)5-3-6-11(14)18/h3,5-6H,4,7-8H2,1-2H3,(H,21,22). The van der Waals surface area contributed by atoms with Crippen LogP contribution in [0.4, 0.5) is 4.39 Å². The van der Waals surface area contributed by atoms with E-state index in [2.05, 4.69) is 5.16 Å². The van der Waals surface area contributed by atoms with Crippen LogP contribution in [0.3, 0.4) is 0 Å². The molecule has 2 aromatic rings. The summed E-state index contributed by atoms with van der Waals surface area (Å²) in [6, 6.07) is 4.17. The van der Waals surface area contributed by atoms with E-state index in [1.807, 2.05) is 0 Å². The third-order valence-corrected chi connectivity index (χ3v) is 3.82. The minimum Gasteiger partial charge on any atom is -0.481 e. The van der Waals surface area contributed by atoms with E-state index in [0.29, 0.717) is 6.42 Å². The molecule has 0 unspecified atom stereocenters. The van der Waals surface area contributed by atoms with Gasteiger partial charge in [0.25, 0.3) is 5.91 Å². The quantitative estimate of drug-likeness (QED) is 0.859. The van der Waals surface area contributed by atoms with Gasteiger partial charge in [0.15, 0.2) is 0 Å². The minimum atomic E-state index is -0.934. The number of aromatic nitrogens is 1. The molecule has 1 aromatic carbocycles. The number of halogens is 2. The molecule has 0 aliphatic heterocycles. The molecule has 1 heterocycles. The molecular weight excluding hydrogens is 339 g/mol. The van der Waals surface area contributed by atoms with Crippen LogP contribution in [0.25, 0.3) is 11.3 Å². The van der Waals surface area contributed by atoms with Crippen molar-refractivity contribution >= 4 is 23.5 Å². The molecule has 1 amide bonds. The first-order valence-corrected chi connectivity index (χ1v) is 7.58. The Hall–Kier alpha value is -2.41. The monoisotopic (exact) mass is 354 g/mol. The van der Waals surface area contributed by atoms with Crippen molar-refractivity contribution in [2.24, 2.45) is 0 Å². The summed E-state index contributed by atoms with van der Waals surface area (Å²) in [5.74, 6) is -1.75. The summed E-state index contributed by atoms with van der Waals surface area (Å²) < 4.78 is 19.2. The van der Waals surface area contributed by atoms with Crippen LogP contribution in [-0.2, 0) is 4.79 Å². The highest BCUT2D eigenvalue weighted by atomic mass is 35.5. The second-order valence-electron chi connectivity index (χ2n) is 5.28. The average Bonchev–Trinajstić information content (AvgIpc) is 2.87. The molecule has 0 aliphatic rings. The van der Waals surface area contributed by atoms with Gasteiger partial charge in [0.05, 0.1) is 10.6 Å². The lowest BCUT2D eigenvalue weighted by atomic mass is 10.0. The fourth-order valence-electron chi connectivity index (χ4n) is 2.28. The summed E-state index contributed by atoms with van der Waals surface area (Å²) >= 11 is 6.04. The molecule has 0 spiro atoms. The van der Waals surface area contributed by atoms with Crippen molar-refractivity contribution in [1.82, 2.24) is 10.1 Å². The number of carboxylic acids is 1. The molecule has 0 saturated heterocycles. The molecule has 8 heteroatoms. The summed E-state index contributed by atoms with van der Waals surface area (Å²) in [5.41, 5.74) is 0.142. The van der Waals surface area contributed by atoms with Crippen LogP contribution in [0.15, 0.2) is 22.7 Å². The van der Waals surface area contributed by atoms with Crippen molar-refractivity contribution in [3.8, 4) is 11.3 Å². The maximum Gasteiger partial charge on any atom is 0.303 e. The summed E-state index contributed by atoms with van der Waals surface area (Å²) in [4.78, 5) is 24.5. The van der Waals surface area contributed by atoms with Gasteiger partial charge in [-0.25, -0.2) is 4.39 Å². The molecule has 1 N–H and O–H groups in total. The first-order chi connectivity index (χ1) is 11.3. The summed E-state index contributed by atoms with van der Waals surface area (Å²) in [7, 11) is 1.53. The van der Waals surface area contributed by atoms with Crippen molar-refractivity contribution in [3.63, 3.8) is 0 Å². The van der Waals surface area contributed by atoms with E-state index in [4.69, 9.17) is 21.2 Å². The number of carboxylic acid groups (broad SMARTS) is 1. The van der Waals surface area contributed by atoms with E-state index in [9.17, 15) is 14.0 Å². The first kappa shape index (κ1) is 17.9. The number of carbonyl (C=O) groups is 2. The smallest absolute Gasteiger partial charge is 0.303 e. The third kappa shape index (κ3) is 3.73. The van der Waals surface area contributed by atoms with Crippen LogP contribution in [0.1, 0.15) is 29.0 Å². The van der Waals surface area contributed by atoms with Gasteiger partial charge in [-0.2, -0.15) is 0 Å². The molecule has 0 fully saturated rings. The molecule has 24 heavy (non-hydrogen) atoms. The number of hydrogen-bond donors (Lipinski definition) is 1. The van der Waals surface area contributed by atoms with Gasteiger partial charge < -0.3 is 14.5 Å². The number of aryl methyl sites for hydroxylation is 1. The summed E-state index contributed by atoms with van der Waals surface area (Å²) in [6.07, 6.45) is 0.254. The van der Waals surface area contributed by atoms with Crippen molar-refractivity contribution in [1.29, 1.82) is 0 Å². The number of benzene rings is 1. The Morgan fingerprint density at radius 1 is 1.42 bits per heavy atom. The van der Waals surface area contributed by atoms with Crippen molar-refractivity contribution in [2.75, 3.05) is 13.6 Å². The van der Waals surface area contributed by atoms with Crippen molar-refractivity contribution in [3.05, 3.63) is 40.4 Å². The summed E-state index contributed by atoms with van der Waals surface area (Å²) in [5, 5.41) is 12.6. The van der Waals surface area contributed by atoms with Crippen LogP contribution < -0.4 is 0 Å². The number of hydrogen-bond acceptors (Lipinski definition) is 4. The molecule has 1 aromatic heterocycles. The summed E-state index contributed by atoms with van der Waals surface area (Å²) in [6.45, 7) is 1.78. The predicted molar refractivity (Wildman–Crippen MR) is 85.5 cm³/mol. The molecular formula is C16H16ClFN2O4. The van der Waals surface area contributed by atoms with Gasteiger partial charge in [-0.3, -0.25) is 9.59 Å². The van der Waals surface area contributed by atoms with Crippen LogP contribution in [0.5, 0.6) is 0 Å². The van der Waals surface area contributed by atoms with E-state index in [1.165, 1.54) is 30.1 Å². The predicted octanol–water partition coefficient (Wildman–Crippen LogP) is 3.38. The maximum atomic E-state index is 14.1. The van der Waals surface area contributed by atoms with Gasteiger partial charge in [-0.15, -0.1) is 0 Å². The molecule has 0 aliphatic carbocycles. The molecule has 128 valence electrons. The largest absolute Gasteiger partial charge is 0.481 e. The van der Waals surface area contributed by atoms with Gasteiger partial charge in [0, 0.05) is 20.0 Å². The van der Waals surface area contributed by atoms with Crippen LogP contribution >= 0.6 is 11.6 Å². The van der Waals surface area contributed by atoms with Crippen LogP contribution in [0.2, 0.25) is 5.02 Å². The zero-order chi connectivity index (χ0) is 17.9. The number of nitrogens with zero attached hydrogens (tertiary/aromatic N) is 2. The van der Waals surface area contributed by atoms with Crippen molar-refractivity contribution in [2.45, 2.75) is 19.8 Å². The van der Waals surface area contributed by atoms with Gasteiger partial charge in [0.1, 0.15) is 22.8 Å². The Kier molecular flexibility index (Phi) is 5.56. The zero-order valence-electron chi connectivity index (χ0n) is 13.2. The van der Waals surface area contributed by atoms with Gasteiger partial charge in [0.2, 0.25) is 0 Å². The molecule has 0 saturated carbocycles. The number of amides is 1. The molecule has 0 bridgehead atoms. The normalized spacial score (nSPS) is 10.7. The van der Waals surface area contributed by atoms with E-state index >= 15 is 0 Å². The van der Waals surface area contributed by atoms with Gasteiger partial charge in [-0.1, -0.05) is 22.8 Å². The second-order valence-corrected chi connectivity index (χ2v) is 5.69. The lowest BCUT2D eigenvalue weighted by Gasteiger charge is -2.17. The second kappa shape index (κ2) is 7.44. The van der Waals surface area contributed by atoms with Crippen LogP contribution in [-0.4, -0.2) is 40.6 Å². The highest BCUT2D eigenvalue weighted by Gasteiger charge is 2.27. The Balaban J connectivity index is 2.33. The Morgan fingerprint density at radius 3 is 2.75 bits per heavy atom. The topological polar surface area (TPSA) is 83.6 Å². The lowest BCUT2D eigenvalue weighted by Crippen LogP contribution is -2.28. The maximum absolute atomic E-state index is 14.1. The van der Waals surface area contributed by atoms with E-state index in [1.54, 1.807) is 6.92 Å². The third-order valence-electron chi connectivity index (χ3n) is 3.51. The highest BCUT2D eigenvalue weighted by molar-refractivity contribution is 6.33. The van der Waals surface area contributed by atoms with Gasteiger partial charge >= 0.3 is 5.97 Å².